The van der Waals surface area contributed by atoms with Crippen molar-refractivity contribution in [1.82, 2.24) is 5.32 Å². The van der Waals surface area contributed by atoms with Crippen molar-refractivity contribution in [3.8, 4) is 0 Å². The molecular formula is C18H26N2O2. The van der Waals surface area contributed by atoms with Gasteiger partial charge in [0.2, 0.25) is 0 Å². The van der Waals surface area contributed by atoms with Gasteiger partial charge in [0.05, 0.1) is 6.61 Å². The third kappa shape index (κ3) is 5.02. The second-order valence-electron chi connectivity index (χ2n) is 6.59. The lowest BCUT2D eigenvalue weighted by molar-refractivity contribution is 0.111. The van der Waals surface area contributed by atoms with Gasteiger partial charge in [0.1, 0.15) is 0 Å². The van der Waals surface area contributed by atoms with E-state index in [9.17, 15) is 4.79 Å². The molecule has 2 fully saturated rings. The van der Waals surface area contributed by atoms with E-state index in [-0.39, 0.29) is 6.03 Å². The molecule has 1 aromatic carbocycles. The first-order chi connectivity index (χ1) is 10.8. The quantitative estimate of drug-likeness (QED) is 0.832. The van der Waals surface area contributed by atoms with E-state index < -0.39 is 0 Å². The van der Waals surface area contributed by atoms with Crippen molar-refractivity contribution in [2.45, 2.75) is 57.6 Å². The van der Waals surface area contributed by atoms with Gasteiger partial charge in [-0.1, -0.05) is 31.4 Å². The highest BCUT2D eigenvalue weighted by atomic mass is 16.5. The first-order valence-corrected chi connectivity index (χ1v) is 8.54. The number of anilines is 1. The van der Waals surface area contributed by atoms with E-state index in [4.69, 9.17) is 4.74 Å². The van der Waals surface area contributed by atoms with Crippen molar-refractivity contribution < 1.29 is 9.53 Å². The highest BCUT2D eigenvalue weighted by Gasteiger charge is 2.21. The number of rotatable bonds is 6. The average molecular weight is 302 g/mol. The SMILES string of the molecule is O=C(Nc1cccc(COCC2CC2)c1)NC1CCCCC1. The van der Waals surface area contributed by atoms with Crippen LogP contribution in [0.1, 0.15) is 50.5 Å². The normalized spacial score (nSPS) is 18.9. The van der Waals surface area contributed by atoms with Gasteiger partial charge in [-0.3, -0.25) is 0 Å². The van der Waals surface area contributed by atoms with Crippen LogP contribution in [0.25, 0.3) is 0 Å². The minimum Gasteiger partial charge on any atom is -0.376 e. The predicted molar refractivity (Wildman–Crippen MR) is 87.8 cm³/mol. The Morgan fingerprint density at radius 3 is 2.73 bits per heavy atom. The molecule has 4 heteroatoms. The first kappa shape index (κ1) is 15.3. The maximum absolute atomic E-state index is 12.1. The van der Waals surface area contributed by atoms with Crippen molar-refractivity contribution in [3.05, 3.63) is 29.8 Å². The Labute approximate surface area is 132 Å². The van der Waals surface area contributed by atoms with Gasteiger partial charge >= 0.3 is 6.03 Å². The largest absolute Gasteiger partial charge is 0.376 e. The van der Waals surface area contributed by atoms with Crippen LogP contribution in [-0.4, -0.2) is 18.7 Å². The maximum Gasteiger partial charge on any atom is 0.319 e. The molecule has 0 atom stereocenters. The highest BCUT2D eigenvalue weighted by molar-refractivity contribution is 5.89. The fourth-order valence-corrected chi connectivity index (χ4v) is 2.97. The van der Waals surface area contributed by atoms with Crippen molar-refractivity contribution in [2.75, 3.05) is 11.9 Å². The second kappa shape index (κ2) is 7.63. The Morgan fingerprint density at radius 1 is 1.14 bits per heavy atom. The van der Waals surface area contributed by atoms with Gasteiger partial charge in [-0.2, -0.15) is 0 Å². The fourth-order valence-electron chi connectivity index (χ4n) is 2.97. The lowest BCUT2D eigenvalue weighted by Crippen LogP contribution is -2.39. The van der Waals surface area contributed by atoms with Crippen LogP contribution in [0.5, 0.6) is 0 Å². The fraction of sp³-hybridized carbons (Fsp3) is 0.611. The minimum absolute atomic E-state index is 0.0945. The molecule has 0 heterocycles. The summed E-state index contributed by atoms with van der Waals surface area (Å²) in [5.41, 5.74) is 1.94. The van der Waals surface area contributed by atoms with E-state index in [0.29, 0.717) is 12.6 Å². The summed E-state index contributed by atoms with van der Waals surface area (Å²) in [7, 11) is 0. The summed E-state index contributed by atoms with van der Waals surface area (Å²) in [6.07, 6.45) is 8.55. The molecule has 0 bridgehead atoms. The van der Waals surface area contributed by atoms with Crippen LogP contribution in [-0.2, 0) is 11.3 Å². The number of hydrogen-bond acceptors (Lipinski definition) is 2. The molecule has 2 aliphatic carbocycles. The van der Waals surface area contributed by atoms with Crippen molar-refractivity contribution in [2.24, 2.45) is 5.92 Å². The third-order valence-corrected chi connectivity index (χ3v) is 4.44. The molecule has 120 valence electrons. The highest BCUT2D eigenvalue weighted by Crippen LogP contribution is 2.29. The average Bonchev–Trinajstić information content (AvgIpc) is 3.33. The van der Waals surface area contributed by atoms with Gasteiger partial charge in [0.25, 0.3) is 0 Å². The summed E-state index contributed by atoms with van der Waals surface area (Å²) in [5, 5.41) is 6.01. The van der Waals surface area contributed by atoms with Crippen LogP contribution in [0.4, 0.5) is 10.5 Å². The number of amides is 2. The summed E-state index contributed by atoms with van der Waals surface area (Å²) >= 11 is 0. The van der Waals surface area contributed by atoms with Gasteiger partial charge in [-0.05, 0) is 49.3 Å². The van der Waals surface area contributed by atoms with E-state index in [0.717, 1.165) is 36.6 Å². The molecule has 0 saturated heterocycles. The number of ether oxygens (including phenoxy) is 1. The Hall–Kier alpha value is -1.55. The van der Waals surface area contributed by atoms with Crippen LogP contribution in [0.3, 0.4) is 0 Å². The molecule has 2 N–H and O–H groups in total. The molecule has 4 nitrogen and oxygen atoms in total. The third-order valence-electron chi connectivity index (χ3n) is 4.44. The predicted octanol–water partition coefficient (Wildman–Crippen LogP) is 4.07. The lowest BCUT2D eigenvalue weighted by atomic mass is 9.96. The Morgan fingerprint density at radius 2 is 1.95 bits per heavy atom. The molecule has 22 heavy (non-hydrogen) atoms. The van der Waals surface area contributed by atoms with Crippen LogP contribution < -0.4 is 10.6 Å². The molecule has 0 unspecified atom stereocenters. The van der Waals surface area contributed by atoms with Crippen LogP contribution >= 0.6 is 0 Å². The van der Waals surface area contributed by atoms with E-state index in [1.54, 1.807) is 0 Å². The van der Waals surface area contributed by atoms with Crippen molar-refractivity contribution >= 4 is 11.7 Å². The number of carbonyl (C=O) groups excluding carboxylic acids is 1. The van der Waals surface area contributed by atoms with E-state index in [1.165, 1.54) is 32.1 Å². The number of carbonyl (C=O) groups is 1. The number of nitrogens with one attached hydrogen (secondary N) is 2. The Balaban J connectivity index is 1.44. The van der Waals surface area contributed by atoms with Gasteiger partial charge in [0, 0.05) is 18.3 Å². The molecule has 1 aromatic rings. The molecular weight excluding hydrogens is 276 g/mol. The first-order valence-electron chi connectivity index (χ1n) is 8.54. The van der Waals surface area contributed by atoms with E-state index >= 15 is 0 Å². The molecule has 0 aliphatic heterocycles. The van der Waals surface area contributed by atoms with Gasteiger partial charge in [0.15, 0.2) is 0 Å². The molecule has 2 amide bonds. The molecule has 2 saturated carbocycles. The Kier molecular flexibility index (Phi) is 5.33. The molecule has 0 aromatic heterocycles. The monoisotopic (exact) mass is 302 g/mol. The van der Waals surface area contributed by atoms with Crippen LogP contribution in [0.15, 0.2) is 24.3 Å². The molecule has 0 spiro atoms. The van der Waals surface area contributed by atoms with Gasteiger partial charge in [-0.15, -0.1) is 0 Å². The van der Waals surface area contributed by atoms with Crippen LogP contribution in [0, 0.1) is 5.92 Å². The van der Waals surface area contributed by atoms with E-state index in [2.05, 4.69) is 10.6 Å². The zero-order chi connectivity index (χ0) is 15.2. The van der Waals surface area contributed by atoms with Crippen molar-refractivity contribution in [3.63, 3.8) is 0 Å². The van der Waals surface area contributed by atoms with Gasteiger partial charge in [-0.25, -0.2) is 4.79 Å². The Bertz CT molecular complexity index is 494. The minimum atomic E-state index is -0.0945. The lowest BCUT2D eigenvalue weighted by Gasteiger charge is -2.22. The number of benzene rings is 1. The number of hydrogen-bond donors (Lipinski definition) is 2. The summed E-state index contributed by atoms with van der Waals surface area (Å²) in [6.45, 7) is 1.48. The van der Waals surface area contributed by atoms with Crippen molar-refractivity contribution in [1.29, 1.82) is 0 Å². The summed E-state index contributed by atoms with van der Waals surface area (Å²) in [6, 6.07) is 8.16. The van der Waals surface area contributed by atoms with E-state index in [1.807, 2.05) is 24.3 Å². The zero-order valence-corrected chi connectivity index (χ0v) is 13.1. The maximum atomic E-state index is 12.1. The molecule has 3 rings (SSSR count). The summed E-state index contributed by atoms with van der Waals surface area (Å²) < 4.78 is 5.70. The molecule has 2 aliphatic rings. The molecule has 0 radical (unpaired) electrons. The summed E-state index contributed by atoms with van der Waals surface area (Å²) in [4.78, 5) is 12.1. The smallest absolute Gasteiger partial charge is 0.319 e. The topological polar surface area (TPSA) is 50.4 Å². The van der Waals surface area contributed by atoms with Crippen LogP contribution in [0.2, 0.25) is 0 Å². The second-order valence-corrected chi connectivity index (χ2v) is 6.59. The zero-order valence-electron chi connectivity index (χ0n) is 13.1. The van der Waals surface area contributed by atoms with Gasteiger partial charge < -0.3 is 15.4 Å². The number of urea groups is 1. The summed E-state index contributed by atoms with van der Waals surface area (Å²) in [5.74, 6) is 0.780. The standard InChI is InChI=1S/C18H26N2O2/c21-18(19-16-6-2-1-3-7-16)20-17-8-4-5-15(11-17)13-22-12-14-9-10-14/h4-5,8,11,14,16H,1-3,6-7,9-10,12-13H2,(H2,19,20,21).